The van der Waals surface area contributed by atoms with E-state index in [4.69, 9.17) is 0 Å². The van der Waals surface area contributed by atoms with Crippen molar-refractivity contribution in [2.24, 2.45) is 11.3 Å². The van der Waals surface area contributed by atoms with Crippen LogP contribution in [-0.4, -0.2) is 13.1 Å². The SMILES string of the molecule is CCNCC1(CCCC(C)C)CCC1. The van der Waals surface area contributed by atoms with Crippen molar-refractivity contribution in [2.75, 3.05) is 13.1 Å². The van der Waals surface area contributed by atoms with Gasteiger partial charge in [0.1, 0.15) is 0 Å². The average Bonchev–Trinajstić information content (AvgIpc) is 2.07. The van der Waals surface area contributed by atoms with Gasteiger partial charge in [0.2, 0.25) is 0 Å². The summed E-state index contributed by atoms with van der Waals surface area (Å²) in [5, 5.41) is 3.53. The van der Waals surface area contributed by atoms with Gasteiger partial charge in [-0.3, -0.25) is 0 Å². The Morgan fingerprint density at radius 3 is 2.43 bits per heavy atom. The van der Waals surface area contributed by atoms with Crippen LogP contribution in [0.1, 0.15) is 59.3 Å². The van der Waals surface area contributed by atoms with Gasteiger partial charge in [-0.2, -0.15) is 0 Å². The highest BCUT2D eigenvalue weighted by Gasteiger charge is 2.35. The predicted octanol–water partition coefficient (Wildman–Crippen LogP) is 3.59. The first-order chi connectivity index (χ1) is 6.68. The molecule has 0 aliphatic heterocycles. The standard InChI is InChI=1S/C13H27N/c1-4-14-11-13(9-6-10-13)8-5-7-12(2)3/h12,14H,4-11H2,1-3H3. The normalized spacial score (nSPS) is 19.7. The fraction of sp³-hybridized carbons (Fsp3) is 1.00. The molecular formula is C13H27N. The molecule has 1 N–H and O–H groups in total. The van der Waals surface area contributed by atoms with Crippen LogP contribution in [0, 0.1) is 11.3 Å². The molecule has 1 saturated carbocycles. The van der Waals surface area contributed by atoms with E-state index in [1.807, 2.05) is 0 Å². The molecule has 0 aromatic carbocycles. The summed E-state index contributed by atoms with van der Waals surface area (Å²) in [5.41, 5.74) is 0.699. The quantitative estimate of drug-likeness (QED) is 0.657. The first kappa shape index (κ1) is 12.0. The lowest BCUT2D eigenvalue weighted by Gasteiger charge is -2.42. The molecule has 0 radical (unpaired) electrons. The van der Waals surface area contributed by atoms with Crippen LogP contribution >= 0.6 is 0 Å². The molecule has 1 aliphatic carbocycles. The number of nitrogens with one attached hydrogen (secondary N) is 1. The summed E-state index contributed by atoms with van der Waals surface area (Å²) < 4.78 is 0. The molecule has 1 fully saturated rings. The van der Waals surface area contributed by atoms with Gasteiger partial charge in [-0.15, -0.1) is 0 Å². The van der Waals surface area contributed by atoms with Crippen molar-refractivity contribution in [3.05, 3.63) is 0 Å². The van der Waals surface area contributed by atoms with Crippen molar-refractivity contribution in [3.63, 3.8) is 0 Å². The van der Waals surface area contributed by atoms with E-state index in [1.165, 1.54) is 45.1 Å². The largest absolute Gasteiger partial charge is 0.316 e. The summed E-state index contributed by atoms with van der Waals surface area (Å²) in [4.78, 5) is 0. The van der Waals surface area contributed by atoms with Crippen molar-refractivity contribution in [3.8, 4) is 0 Å². The molecule has 84 valence electrons. The monoisotopic (exact) mass is 197 g/mol. The van der Waals surface area contributed by atoms with Gasteiger partial charge in [0.25, 0.3) is 0 Å². The Kier molecular flexibility index (Phi) is 4.94. The molecule has 0 saturated heterocycles. The zero-order valence-corrected chi connectivity index (χ0v) is 10.2. The Bertz CT molecular complexity index is 147. The molecule has 0 amide bonds. The lowest BCUT2D eigenvalue weighted by molar-refractivity contribution is 0.112. The first-order valence-corrected chi connectivity index (χ1v) is 6.39. The molecule has 1 rings (SSSR count). The van der Waals surface area contributed by atoms with Crippen molar-refractivity contribution < 1.29 is 0 Å². The summed E-state index contributed by atoms with van der Waals surface area (Å²) >= 11 is 0. The zero-order valence-electron chi connectivity index (χ0n) is 10.2. The third-order valence-corrected chi connectivity index (χ3v) is 3.65. The number of hydrogen-bond acceptors (Lipinski definition) is 1. The van der Waals surface area contributed by atoms with Crippen LogP contribution in [0.2, 0.25) is 0 Å². The zero-order chi connectivity index (χ0) is 10.4. The third kappa shape index (κ3) is 3.61. The van der Waals surface area contributed by atoms with Crippen LogP contribution in [0.5, 0.6) is 0 Å². The molecule has 0 bridgehead atoms. The van der Waals surface area contributed by atoms with Crippen LogP contribution in [0.4, 0.5) is 0 Å². The van der Waals surface area contributed by atoms with E-state index in [-0.39, 0.29) is 0 Å². The summed E-state index contributed by atoms with van der Waals surface area (Å²) in [6.07, 6.45) is 8.71. The van der Waals surface area contributed by atoms with E-state index in [0.29, 0.717) is 5.41 Å². The second kappa shape index (κ2) is 5.75. The number of hydrogen-bond donors (Lipinski definition) is 1. The third-order valence-electron chi connectivity index (χ3n) is 3.65. The minimum absolute atomic E-state index is 0.699. The van der Waals surface area contributed by atoms with Gasteiger partial charge < -0.3 is 5.32 Å². The smallest absolute Gasteiger partial charge is 0.000769 e. The maximum Gasteiger partial charge on any atom is 0.000769 e. The van der Waals surface area contributed by atoms with Gasteiger partial charge in [-0.25, -0.2) is 0 Å². The van der Waals surface area contributed by atoms with Gasteiger partial charge in [0.05, 0.1) is 0 Å². The fourth-order valence-electron chi connectivity index (χ4n) is 2.47. The highest BCUT2D eigenvalue weighted by molar-refractivity contribution is 4.89. The summed E-state index contributed by atoms with van der Waals surface area (Å²) in [5.74, 6) is 0.881. The molecule has 1 heteroatoms. The van der Waals surface area contributed by atoms with Crippen LogP contribution in [0.15, 0.2) is 0 Å². The molecular weight excluding hydrogens is 170 g/mol. The second-order valence-electron chi connectivity index (χ2n) is 5.42. The van der Waals surface area contributed by atoms with Crippen LogP contribution < -0.4 is 5.32 Å². The molecule has 0 spiro atoms. The van der Waals surface area contributed by atoms with E-state index in [0.717, 1.165) is 12.5 Å². The molecule has 0 heterocycles. The fourth-order valence-corrected chi connectivity index (χ4v) is 2.47. The van der Waals surface area contributed by atoms with Gasteiger partial charge in [-0.05, 0) is 37.1 Å². The minimum Gasteiger partial charge on any atom is -0.316 e. The number of rotatable bonds is 7. The summed E-state index contributed by atoms with van der Waals surface area (Å²) in [7, 11) is 0. The van der Waals surface area contributed by atoms with Crippen LogP contribution in [0.3, 0.4) is 0 Å². The highest BCUT2D eigenvalue weighted by Crippen LogP contribution is 2.44. The van der Waals surface area contributed by atoms with Crippen molar-refractivity contribution in [1.29, 1.82) is 0 Å². The van der Waals surface area contributed by atoms with E-state index in [2.05, 4.69) is 26.1 Å². The Labute approximate surface area is 89.7 Å². The molecule has 0 aromatic heterocycles. The predicted molar refractivity (Wildman–Crippen MR) is 63.5 cm³/mol. The van der Waals surface area contributed by atoms with Crippen LogP contribution in [0.25, 0.3) is 0 Å². The second-order valence-corrected chi connectivity index (χ2v) is 5.42. The summed E-state index contributed by atoms with van der Waals surface area (Å²) in [6, 6.07) is 0. The van der Waals surface area contributed by atoms with E-state index in [9.17, 15) is 0 Å². The Balaban J connectivity index is 2.16. The van der Waals surface area contributed by atoms with E-state index in [1.54, 1.807) is 0 Å². The molecule has 0 unspecified atom stereocenters. The highest BCUT2D eigenvalue weighted by atomic mass is 14.9. The topological polar surface area (TPSA) is 12.0 Å². The van der Waals surface area contributed by atoms with E-state index < -0.39 is 0 Å². The molecule has 14 heavy (non-hydrogen) atoms. The average molecular weight is 197 g/mol. The lowest BCUT2D eigenvalue weighted by Crippen LogP contribution is -2.39. The first-order valence-electron chi connectivity index (χ1n) is 6.39. The molecule has 0 aromatic rings. The Morgan fingerprint density at radius 2 is 2.00 bits per heavy atom. The van der Waals surface area contributed by atoms with Crippen molar-refractivity contribution in [2.45, 2.75) is 59.3 Å². The maximum absolute atomic E-state index is 3.53. The van der Waals surface area contributed by atoms with Gasteiger partial charge >= 0.3 is 0 Å². The molecule has 1 nitrogen and oxygen atoms in total. The van der Waals surface area contributed by atoms with Gasteiger partial charge in [-0.1, -0.05) is 40.0 Å². The van der Waals surface area contributed by atoms with Gasteiger partial charge in [0.15, 0.2) is 0 Å². The lowest BCUT2D eigenvalue weighted by atomic mass is 9.65. The Morgan fingerprint density at radius 1 is 1.29 bits per heavy atom. The Hall–Kier alpha value is -0.0400. The van der Waals surface area contributed by atoms with Crippen LogP contribution in [-0.2, 0) is 0 Å². The van der Waals surface area contributed by atoms with Crippen molar-refractivity contribution >= 4 is 0 Å². The maximum atomic E-state index is 3.53. The molecule has 0 atom stereocenters. The van der Waals surface area contributed by atoms with E-state index >= 15 is 0 Å². The summed E-state index contributed by atoms with van der Waals surface area (Å²) in [6.45, 7) is 9.27. The molecule has 1 aliphatic rings. The van der Waals surface area contributed by atoms with Crippen molar-refractivity contribution in [1.82, 2.24) is 5.32 Å². The van der Waals surface area contributed by atoms with Gasteiger partial charge in [0, 0.05) is 6.54 Å². The minimum atomic E-state index is 0.699.